The van der Waals surface area contributed by atoms with Crippen LogP contribution < -0.4 is 14.8 Å². The number of hydrogen-bond donors (Lipinski definition) is 2. The third kappa shape index (κ3) is 4.43. The number of aliphatic imine (C=N–C) groups is 1. The van der Waals surface area contributed by atoms with E-state index in [1.807, 2.05) is 37.1 Å². The van der Waals surface area contributed by atoms with Crippen molar-refractivity contribution in [2.24, 2.45) is 4.99 Å². The summed E-state index contributed by atoms with van der Waals surface area (Å²) in [6.07, 6.45) is 2.67. The fourth-order valence-electron chi connectivity index (χ4n) is 2.72. The number of aliphatic hydroxyl groups excluding tert-OH is 1. The van der Waals surface area contributed by atoms with Crippen LogP contribution in [0.2, 0.25) is 0 Å². The van der Waals surface area contributed by atoms with Crippen LogP contribution in [0.25, 0.3) is 0 Å². The van der Waals surface area contributed by atoms with Crippen LogP contribution in [0.4, 0.5) is 0 Å². The number of rotatable bonds is 6. The lowest BCUT2D eigenvalue weighted by molar-refractivity contribution is 0.174. The molecule has 138 valence electrons. The molecular weight excluding hydrogens is 332 g/mol. The molecule has 2 heterocycles. The van der Waals surface area contributed by atoms with Gasteiger partial charge in [0, 0.05) is 32.5 Å². The van der Waals surface area contributed by atoms with E-state index in [0.717, 1.165) is 35.1 Å². The molecule has 26 heavy (non-hydrogen) atoms. The van der Waals surface area contributed by atoms with Gasteiger partial charge in [0.1, 0.15) is 0 Å². The summed E-state index contributed by atoms with van der Waals surface area (Å²) in [6.45, 7) is 3.97. The van der Waals surface area contributed by atoms with Gasteiger partial charge in [-0.3, -0.25) is 9.98 Å². The van der Waals surface area contributed by atoms with Crippen molar-refractivity contribution in [3.8, 4) is 11.5 Å². The van der Waals surface area contributed by atoms with Crippen LogP contribution in [0.1, 0.15) is 24.2 Å². The molecule has 0 aliphatic carbocycles. The quantitative estimate of drug-likeness (QED) is 0.608. The van der Waals surface area contributed by atoms with Crippen molar-refractivity contribution in [3.05, 3.63) is 53.9 Å². The Morgan fingerprint density at radius 1 is 1.27 bits per heavy atom. The van der Waals surface area contributed by atoms with Gasteiger partial charge in [-0.25, -0.2) is 0 Å². The average Bonchev–Trinajstić information content (AvgIpc) is 3.13. The van der Waals surface area contributed by atoms with Crippen molar-refractivity contribution in [1.82, 2.24) is 15.2 Å². The zero-order chi connectivity index (χ0) is 18.4. The second-order valence-electron chi connectivity index (χ2n) is 6.03. The molecule has 0 fully saturated rings. The van der Waals surface area contributed by atoms with Crippen LogP contribution in [0.15, 0.2) is 47.7 Å². The van der Waals surface area contributed by atoms with Crippen molar-refractivity contribution in [1.29, 1.82) is 0 Å². The largest absolute Gasteiger partial charge is 0.454 e. The second-order valence-corrected chi connectivity index (χ2v) is 6.03. The molecule has 0 spiro atoms. The zero-order valence-electron chi connectivity index (χ0n) is 15.1. The Balaban J connectivity index is 1.66. The van der Waals surface area contributed by atoms with Crippen molar-refractivity contribution in [2.45, 2.75) is 19.6 Å². The first-order valence-corrected chi connectivity index (χ1v) is 8.63. The normalized spacial score (nSPS) is 14.2. The van der Waals surface area contributed by atoms with Gasteiger partial charge in [-0.1, -0.05) is 6.07 Å². The smallest absolute Gasteiger partial charge is 0.231 e. The standard InChI is InChI=1S/C19H24N4O3/c1-3-21-19(22-11-16(24)15-6-8-20-9-7-15)23(2)12-14-4-5-17-18(10-14)26-13-25-17/h4-10,16,24H,3,11-13H2,1-2H3,(H,21,22). The predicted molar refractivity (Wildman–Crippen MR) is 99.2 cm³/mol. The van der Waals surface area contributed by atoms with Crippen molar-refractivity contribution < 1.29 is 14.6 Å². The highest BCUT2D eigenvalue weighted by atomic mass is 16.7. The average molecular weight is 356 g/mol. The van der Waals surface area contributed by atoms with Gasteiger partial charge in [0.2, 0.25) is 6.79 Å². The summed E-state index contributed by atoms with van der Waals surface area (Å²) in [5.41, 5.74) is 1.90. The summed E-state index contributed by atoms with van der Waals surface area (Å²) >= 11 is 0. The SMILES string of the molecule is CCNC(=NCC(O)c1ccncc1)N(C)Cc1ccc2c(c1)OCO2. The van der Waals surface area contributed by atoms with Gasteiger partial charge < -0.3 is 24.8 Å². The minimum Gasteiger partial charge on any atom is -0.454 e. The number of hydrogen-bond acceptors (Lipinski definition) is 5. The molecule has 1 aliphatic rings. The third-order valence-corrected chi connectivity index (χ3v) is 4.06. The Bertz CT molecular complexity index is 752. The molecule has 3 rings (SSSR count). The molecule has 0 saturated carbocycles. The monoisotopic (exact) mass is 356 g/mol. The van der Waals surface area contributed by atoms with E-state index in [1.165, 1.54) is 0 Å². The second kappa shape index (κ2) is 8.53. The number of pyridine rings is 1. The van der Waals surface area contributed by atoms with E-state index in [4.69, 9.17) is 9.47 Å². The van der Waals surface area contributed by atoms with E-state index < -0.39 is 6.10 Å². The lowest BCUT2D eigenvalue weighted by Crippen LogP contribution is -2.38. The number of aliphatic hydroxyl groups is 1. The van der Waals surface area contributed by atoms with Gasteiger partial charge in [0.25, 0.3) is 0 Å². The molecule has 0 bridgehead atoms. The van der Waals surface area contributed by atoms with Gasteiger partial charge in [0.05, 0.1) is 12.6 Å². The van der Waals surface area contributed by atoms with Crippen LogP contribution in [0.3, 0.4) is 0 Å². The topological polar surface area (TPSA) is 79.2 Å². The Labute approximate surface area is 153 Å². The first kappa shape index (κ1) is 18.0. The van der Waals surface area contributed by atoms with Gasteiger partial charge in [-0.15, -0.1) is 0 Å². The van der Waals surface area contributed by atoms with Gasteiger partial charge in [0.15, 0.2) is 17.5 Å². The molecule has 1 aliphatic heterocycles. The minimum absolute atomic E-state index is 0.269. The Hall–Kier alpha value is -2.80. The molecular formula is C19H24N4O3. The lowest BCUT2D eigenvalue weighted by Gasteiger charge is -2.23. The van der Waals surface area contributed by atoms with E-state index in [1.54, 1.807) is 24.5 Å². The zero-order valence-corrected chi connectivity index (χ0v) is 15.1. The number of fused-ring (bicyclic) bond motifs is 1. The molecule has 0 saturated heterocycles. The van der Waals surface area contributed by atoms with Crippen LogP contribution in [-0.2, 0) is 6.54 Å². The highest BCUT2D eigenvalue weighted by Crippen LogP contribution is 2.32. The van der Waals surface area contributed by atoms with Gasteiger partial charge in [-0.05, 0) is 42.3 Å². The third-order valence-electron chi connectivity index (χ3n) is 4.06. The summed E-state index contributed by atoms with van der Waals surface area (Å²) in [5.74, 6) is 2.28. The summed E-state index contributed by atoms with van der Waals surface area (Å²) in [5, 5.41) is 13.6. The molecule has 1 unspecified atom stereocenters. The summed E-state index contributed by atoms with van der Waals surface area (Å²) < 4.78 is 10.8. The minimum atomic E-state index is -0.661. The van der Waals surface area contributed by atoms with E-state index in [-0.39, 0.29) is 13.3 Å². The van der Waals surface area contributed by atoms with Gasteiger partial charge in [-0.2, -0.15) is 0 Å². The van der Waals surface area contributed by atoms with E-state index in [2.05, 4.69) is 15.3 Å². The number of guanidine groups is 1. The fraction of sp³-hybridized carbons (Fsp3) is 0.368. The first-order chi connectivity index (χ1) is 12.7. The molecule has 0 amide bonds. The Kier molecular flexibility index (Phi) is 5.91. The molecule has 1 atom stereocenters. The molecule has 1 aromatic carbocycles. The number of benzene rings is 1. The summed E-state index contributed by atoms with van der Waals surface area (Å²) in [4.78, 5) is 10.5. The van der Waals surface area contributed by atoms with Crippen LogP contribution in [0, 0.1) is 0 Å². The van der Waals surface area contributed by atoms with Crippen molar-refractivity contribution in [2.75, 3.05) is 26.9 Å². The Morgan fingerprint density at radius 3 is 2.81 bits per heavy atom. The number of nitrogens with zero attached hydrogens (tertiary/aromatic N) is 3. The molecule has 1 aromatic heterocycles. The maximum atomic E-state index is 10.3. The highest BCUT2D eigenvalue weighted by molar-refractivity contribution is 5.79. The number of ether oxygens (including phenoxy) is 2. The van der Waals surface area contributed by atoms with E-state index in [9.17, 15) is 5.11 Å². The maximum absolute atomic E-state index is 10.3. The number of aromatic nitrogens is 1. The molecule has 7 nitrogen and oxygen atoms in total. The van der Waals surface area contributed by atoms with Crippen molar-refractivity contribution in [3.63, 3.8) is 0 Å². The molecule has 7 heteroatoms. The van der Waals surface area contributed by atoms with Crippen LogP contribution >= 0.6 is 0 Å². The molecule has 2 N–H and O–H groups in total. The molecule has 0 radical (unpaired) electrons. The van der Waals surface area contributed by atoms with Crippen LogP contribution in [-0.4, -0.2) is 47.9 Å². The molecule has 2 aromatic rings. The summed E-state index contributed by atoms with van der Waals surface area (Å²) in [7, 11) is 1.96. The lowest BCUT2D eigenvalue weighted by atomic mass is 10.1. The maximum Gasteiger partial charge on any atom is 0.231 e. The summed E-state index contributed by atoms with van der Waals surface area (Å²) in [6, 6.07) is 9.50. The van der Waals surface area contributed by atoms with Crippen molar-refractivity contribution >= 4 is 5.96 Å². The first-order valence-electron chi connectivity index (χ1n) is 8.63. The fourth-order valence-corrected chi connectivity index (χ4v) is 2.72. The Morgan fingerprint density at radius 2 is 2.04 bits per heavy atom. The predicted octanol–water partition coefficient (Wildman–Crippen LogP) is 1.94. The highest BCUT2D eigenvalue weighted by Gasteiger charge is 2.15. The van der Waals surface area contributed by atoms with E-state index in [0.29, 0.717) is 6.54 Å². The van der Waals surface area contributed by atoms with Gasteiger partial charge >= 0.3 is 0 Å². The van der Waals surface area contributed by atoms with E-state index >= 15 is 0 Å². The van der Waals surface area contributed by atoms with Crippen LogP contribution in [0.5, 0.6) is 11.5 Å². The number of nitrogens with one attached hydrogen (secondary N) is 1.